The molecule has 4 rings (SSSR count). The van der Waals surface area contributed by atoms with Crippen molar-refractivity contribution in [3.05, 3.63) is 53.3 Å². The number of ether oxygens (including phenoxy) is 1. The largest absolute Gasteiger partial charge is 0.487 e. The summed E-state index contributed by atoms with van der Waals surface area (Å²) in [5.74, 6) is 0.895. The smallest absolute Gasteiger partial charge is 0.156 e. The molecule has 0 amide bonds. The normalized spacial score (nSPS) is 12.9. The fourth-order valence-electron chi connectivity index (χ4n) is 2.40. The summed E-state index contributed by atoms with van der Waals surface area (Å²) in [6, 6.07) is 11.8. The summed E-state index contributed by atoms with van der Waals surface area (Å²) in [5.41, 5.74) is 3.86. The molecular formula is C14H9ClN2O. The lowest BCUT2D eigenvalue weighted by Crippen LogP contribution is -2.05. The minimum atomic E-state index is 0.490. The van der Waals surface area contributed by atoms with E-state index in [1.807, 2.05) is 47.0 Å². The maximum Gasteiger partial charge on any atom is 0.156 e. The highest BCUT2D eigenvalue weighted by molar-refractivity contribution is 6.33. The van der Waals surface area contributed by atoms with Crippen LogP contribution in [0.1, 0.15) is 5.69 Å². The number of pyridine rings is 1. The molecule has 0 aliphatic carbocycles. The van der Waals surface area contributed by atoms with Gasteiger partial charge in [-0.1, -0.05) is 23.7 Å². The van der Waals surface area contributed by atoms with Gasteiger partial charge in [-0.3, -0.25) is 4.40 Å². The molecule has 3 heterocycles. The molecular weight excluding hydrogens is 248 g/mol. The summed E-state index contributed by atoms with van der Waals surface area (Å²) in [7, 11) is 0. The van der Waals surface area contributed by atoms with Gasteiger partial charge >= 0.3 is 0 Å². The van der Waals surface area contributed by atoms with Crippen molar-refractivity contribution in [1.29, 1.82) is 0 Å². The highest BCUT2D eigenvalue weighted by Gasteiger charge is 2.22. The first-order valence-electron chi connectivity index (χ1n) is 5.72. The Bertz CT molecular complexity index is 764. The molecule has 0 bridgehead atoms. The van der Waals surface area contributed by atoms with Crippen molar-refractivity contribution in [2.24, 2.45) is 0 Å². The molecule has 2 aromatic heterocycles. The van der Waals surface area contributed by atoms with Crippen LogP contribution in [0.3, 0.4) is 0 Å². The van der Waals surface area contributed by atoms with Crippen LogP contribution >= 0.6 is 11.6 Å². The van der Waals surface area contributed by atoms with Crippen LogP contribution in [0.2, 0.25) is 5.02 Å². The summed E-state index contributed by atoms with van der Waals surface area (Å²) in [5, 5.41) is 0.657. The number of aromatic nitrogens is 2. The summed E-state index contributed by atoms with van der Waals surface area (Å²) in [6.45, 7) is 0.490. The Labute approximate surface area is 109 Å². The lowest BCUT2D eigenvalue weighted by atomic mass is 10.1. The molecule has 0 saturated carbocycles. The number of halogens is 1. The Morgan fingerprint density at radius 1 is 1.17 bits per heavy atom. The van der Waals surface area contributed by atoms with Crippen LogP contribution in [0.15, 0.2) is 42.6 Å². The van der Waals surface area contributed by atoms with Gasteiger partial charge in [-0.25, -0.2) is 4.98 Å². The van der Waals surface area contributed by atoms with Crippen LogP contribution in [0, 0.1) is 0 Å². The number of fused-ring (bicyclic) bond motifs is 5. The lowest BCUT2D eigenvalue weighted by molar-refractivity contribution is 0.298. The molecule has 0 N–H and O–H groups in total. The third-order valence-electron chi connectivity index (χ3n) is 3.18. The van der Waals surface area contributed by atoms with Gasteiger partial charge in [0.15, 0.2) is 5.65 Å². The van der Waals surface area contributed by atoms with Gasteiger partial charge in [-0.2, -0.15) is 0 Å². The van der Waals surface area contributed by atoms with Crippen molar-refractivity contribution in [1.82, 2.24) is 9.38 Å². The molecule has 88 valence electrons. The van der Waals surface area contributed by atoms with Gasteiger partial charge in [0.1, 0.15) is 18.1 Å². The van der Waals surface area contributed by atoms with Gasteiger partial charge in [0.2, 0.25) is 0 Å². The highest BCUT2D eigenvalue weighted by Crippen LogP contribution is 2.38. The van der Waals surface area contributed by atoms with Crippen molar-refractivity contribution in [2.45, 2.75) is 6.61 Å². The van der Waals surface area contributed by atoms with Crippen molar-refractivity contribution >= 4 is 17.2 Å². The zero-order valence-electron chi connectivity index (χ0n) is 9.43. The van der Waals surface area contributed by atoms with Crippen LogP contribution in [0.4, 0.5) is 0 Å². The first kappa shape index (κ1) is 9.97. The van der Waals surface area contributed by atoms with E-state index in [0.717, 1.165) is 28.3 Å². The Kier molecular flexibility index (Phi) is 1.94. The summed E-state index contributed by atoms with van der Waals surface area (Å²) >= 11 is 6.18. The molecule has 4 heteroatoms. The zero-order valence-corrected chi connectivity index (χ0v) is 10.2. The Morgan fingerprint density at radius 3 is 3.00 bits per heavy atom. The fraction of sp³-hybridized carbons (Fsp3) is 0.0714. The van der Waals surface area contributed by atoms with Gasteiger partial charge in [-0.05, 0) is 24.3 Å². The second-order valence-electron chi connectivity index (χ2n) is 4.24. The number of rotatable bonds is 0. The Morgan fingerprint density at radius 2 is 2.06 bits per heavy atom. The van der Waals surface area contributed by atoms with Gasteiger partial charge in [0, 0.05) is 11.8 Å². The third kappa shape index (κ3) is 1.22. The van der Waals surface area contributed by atoms with Gasteiger partial charge in [0.25, 0.3) is 0 Å². The molecule has 1 aliphatic rings. The van der Waals surface area contributed by atoms with E-state index in [1.54, 1.807) is 0 Å². The van der Waals surface area contributed by atoms with Crippen molar-refractivity contribution in [2.75, 3.05) is 0 Å². The van der Waals surface area contributed by atoms with E-state index < -0.39 is 0 Å². The fourth-order valence-corrected chi connectivity index (χ4v) is 2.61. The molecule has 0 saturated heterocycles. The van der Waals surface area contributed by atoms with Crippen molar-refractivity contribution < 1.29 is 4.74 Å². The van der Waals surface area contributed by atoms with Gasteiger partial charge < -0.3 is 4.74 Å². The summed E-state index contributed by atoms with van der Waals surface area (Å²) < 4.78 is 7.73. The zero-order chi connectivity index (χ0) is 12.1. The Hall–Kier alpha value is -2.00. The number of imidazole rings is 1. The van der Waals surface area contributed by atoms with Crippen LogP contribution in [0.25, 0.3) is 16.9 Å². The van der Waals surface area contributed by atoms with E-state index in [4.69, 9.17) is 16.3 Å². The predicted molar refractivity (Wildman–Crippen MR) is 70.0 cm³/mol. The average Bonchev–Trinajstić information content (AvgIpc) is 2.79. The minimum absolute atomic E-state index is 0.490. The van der Waals surface area contributed by atoms with Crippen molar-refractivity contribution in [3.63, 3.8) is 0 Å². The second kappa shape index (κ2) is 3.50. The monoisotopic (exact) mass is 256 g/mol. The number of benzene rings is 1. The van der Waals surface area contributed by atoms with Crippen LogP contribution in [-0.4, -0.2) is 9.38 Å². The maximum absolute atomic E-state index is 6.18. The molecule has 1 aromatic carbocycles. The van der Waals surface area contributed by atoms with E-state index in [9.17, 15) is 0 Å². The lowest BCUT2D eigenvalue weighted by Gasteiger charge is -2.16. The molecule has 0 radical (unpaired) electrons. The second-order valence-corrected chi connectivity index (χ2v) is 4.65. The summed E-state index contributed by atoms with van der Waals surface area (Å²) in [4.78, 5) is 4.56. The van der Waals surface area contributed by atoms with E-state index in [2.05, 4.69) is 4.98 Å². The SMILES string of the molecule is Clc1cccn2c3c(nc12)COc1ccccc1-3. The predicted octanol–water partition coefficient (Wildman–Crippen LogP) is 3.55. The summed E-state index contributed by atoms with van der Waals surface area (Å²) in [6.07, 6.45) is 1.98. The van der Waals surface area contributed by atoms with E-state index in [0.29, 0.717) is 11.6 Å². The standard InChI is InChI=1S/C14H9ClN2O/c15-10-5-3-7-17-13-9-4-1-2-6-12(9)18-8-11(13)16-14(10)17/h1-7H,8H2. The molecule has 3 aromatic rings. The first-order chi connectivity index (χ1) is 8.84. The van der Waals surface area contributed by atoms with E-state index >= 15 is 0 Å². The maximum atomic E-state index is 6.18. The first-order valence-corrected chi connectivity index (χ1v) is 6.10. The number of nitrogens with zero attached hydrogens (tertiary/aromatic N) is 2. The minimum Gasteiger partial charge on any atom is -0.487 e. The molecule has 18 heavy (non-hydrogen) atoms. The van der Waals surface area contributed by atoms with Crippen LogP contribution in [-0.2, 0) is 6.61 Å². The van der Waals surface area contributed by atoms with E-state index in [1.165, 1.54) is 0 Å². The number of hydrogen-bond donors (Lipinski definition) is 0. The topological polar surface area (TPSA) is 26.5 Å². The molecule has 3 nitrogen and oxygen atoms in total. The molecule has 0 unspecified atom stereocenters. The molecule has 0 atom stereocenters. The quantitative estimate of drug-likeness (QED) is 0.615. The van der Waals surface area contributed by atoms with Gasteiger partial charge in [-0.15, -0.1) is 0 Å². The average molecular weight is 257 g/mol. The van der Waals surface area contributed by atoms with E-state index in [-0.39, 0.29) is 0 Å². The van der Waals surface area contributed by atoms with Crippen LogP contribution < -0.4 is 4.74 Å². The third-order valence-corrected chi connectivity index (χ3v) is 3.48. The Balaban J connectivity index is 2.14. The highest BCUT2D eigenvalue weighted by atomic mass is 35.5. The number of para-hydroxylation sites is 1. The number of hydrogen-bond acceptors (Lipinski definition) is 2. The molecule has 0 spiro atoms. The van der Waals surface area contributed by atoms with Crippen LogP contribution in [0.5, 0.6) is 5.75 Å². The van der Waals surface area contributed by atoms with Gasteiger partial charge in [0.05, 0.1) is 10.7 Å². The molecule has 1 aliphatic heterocycles. The molecule has 0 fully saturated rings. The van der Waals surface area contributed by atoms with Crippen molar-refractivity contribution in [3.8, 4) is 17.0 Å².